The number of benzene rings is 1. The Kier molecular flexibility index (Phi) is 4.75. The average molecular weight is 275 g/mol. The predicted molar refractivity (Wildman–Crippen MR) is 74.7 cm³/mol. The van der Waals surface area contributed by atoms with Crippen LogP contribution in [0.2, 0.25) is 0 Å². The van der Waals surface area contributed by atoms with Gasteiger partial charge >= 0.3 is 0 Å². The first kappa shape index (κ1) is 14.5. The summed E-state index contributed by atoms with van der Waals surface area (Å²) in [4.78, 5) is 14.4. The highest BCUT2D eigenvalue weighted by Gasteiger charge is 2.25. The number of carbonyl (C=O) groups excluding carboxylic acids is 1. The van der Waals surface area contributed by atoms with Crippen LogP contribution in [0.5, 0.6) is 0 Å². The normalized spacial score (nSPS) is 18.4. The maximum absolute atomic E-state index is 13.3. The molecule has 1 unspecified atom stereocenters. The van der Waals surface area contributed by atoms with E-state index in [1.807, 2.05) is 11.8 Å². The highest BCUT2D eigenvalue weighted by molar-refractivity contribution is 5.97. The zero-order valence-electron chi connectivity index (χ0n) is 11.5. The van der Waals surface area contributed by atoms with Gasteiger partial charge in [-0.2, -0.15) is 0 Å². The molecule has 0 bridgehead atoms. The molecule has 1 aliphatic heterocycles. The molecule has 0 saturated carbocycles. The molecular weight excluding hydrogens is 257 g/mol. The first-order valence-corrected chi connectivity index (χ1v) is 6.83. The molecule has 3 nitrogen and oxygen atoms in total. The van der Waals surface area contributed by atoms with Crippen LogP contribution in [-0.2, 0) is 0 Å². The number of amides is 1. The van der Waals surface area contributed by atoms with Crippen molar-refractivity contribution in [3.05, 3.63) is 35.1 Å². The summed E-state index contributed by atoms with van der Waals surface area (Å²) in [7, 11) is 0. The maximum atomic E-state index is 13.3. The predicted octanol–water partition coefficient (Wildman–Crippen LogP) is 2.18. The Morgan fingerprint density at radius 1 is 1.50 bits per heavy atom. The third-order valence-electron chi connectivity index (χ3n) is 3.58. The standard InChI is InChI=1S/C16H18FNO2/c1-12-5-2-3-9-18(12)16(20)15-8-7-14(17)11-13(15)6-4-10-19/h7-8,11-12,19H,2-3,5,9-10H2,1H3. The quantitative estimate of drug-likeness (QED) is 0.798. The van der Waals surface area contributed by atoms with E-state index in [0.717, 1.165) is 25.8 Å². The van der Waals surface area contributed by atoms with Gasteiger partial charge in [-0.15, -0.1) is 0 Å². The minimum atomic E-state index is -0.435. The number of nitrogens with zero attached hydrogens (tertiary/aromatic N) is 1. The van der Waals surface area contributed by atoms with Crippen LogP contribution in [0, 0.1) is 17.7 Å². The van der Waals surface area contributed by atoms with Crippen LogP contribution in [0.3, 0.4) is 0 Å². The molecule has 0 aliphatic carbocycles. The molecule has 1 fully saturated rings. The molecule has 106 valence electrons. The number of hydrogen-bond donors (Lipinski definition) is 1. The molecule has 2 rings (SSSR count). The molecule has 0 spiro atoms. The number of rotatable bonds is 1. The van der Waals surface area contributed by atoms with Gasteiger partial charge < -0.3 is 10.0 Å². The molecular formula is C16H18FNO2. The van der Waals surface area contributed by atoms with Crippen molar-refractivity contribution >= 4 is 5.91 Å². The molecule has 1 amide bonds. The lowest BCUT2D eigenvalue weighted by Crippen LogP contribution is -2.42. The average Bonchev–Trinajstić information content (AvgIpc) is 2.45. The third kappa shape index (κ3) is 3.17. The fourth-order valence-electron chi connectivity index (χ4n) is 2.50. The Morgan fingerprint density at radius 2 is 2.30 bits per heavy atom. The van der Waals surface area contributed by atoms with E-state index >= 15 is 0 Å². The molecule has 1 saturated heterocycles. The fraction of sp³-hybridized carbons (Fsp3) is 0.438. The lowest BCUT2D eigenvalue weighted by atomic mass is 10.00. The summed E-state index contributed by atoms with van der Waals surface area (Å²) >= 11 is 0. The zero-order chi connectivity index (χ0) is 14.5. The zero-order valence-corrected chi connectivity index (χ0v) is 11.5. The second-order valence-corrected chi connectivity index (χ2v) is 4.99. The Bertz CT molecular complexity index is 559. The second kappa shape index (κ2) is 6.53. The first-order chi connectivity index (χ1) is 9.63. The molecule has 1 atom stereocenters. The van der Waals surface area contributed by atoms with E-state index in [0.29, 0.717) is 11.1 Å². The van der Waals surface area contributed by atoms with Crippen molar-refractivity contribution in [2.45, 2.75) is 32.2 Å². The Morgan fingerprint density at radius 3 is 3.00 bits per heavy atom. The minimum absolute atomic E-state index is 0.112. The fourth-order valence-corrected chi connectivity index (χ4v) is 2.50. The topological polar surface area (TPSA) is 40.5 Å². The summed E-state index contributed by atoms with van der Waals surface area (Å²) in [5.41, 5.74) is 0.739. The van der Waals surface area contributed by atoms with Crippen LogP contribution in [0.4, 0.5) is 4.39 Å². The molecule has 20 heavy (non-hydrogen) atoms. The van der Waals surface area contributed by atoms with E-state index in [1.54, 1.807) is 0 Å². The van der Waals surface area contributed by atoms with Gasteiger partial charge in [0.15, 0.2) is 0 Å². The van der Waals surface area contributed by atoms with Gasteiger partial charge in [0.2, 0.25) is 0 Å². The molecule has 1 aromatic carbocycles. The van der Waals surface area contributed by atoms with E-state index in [2.05, 4.69) is 11.8 Å². The van der Waals surface area contributed by atoms with Crippen molar-refractivity contribution in [1.29, 1.82) is 0 Å². The van der Waals surface area contributed by atoms with Gasteiger partial charge in [0, 0.05) is 18.2 Å². The summed E-state index contributed by atoms with van der Waals surface area (Å²) in [5.74, 6) is 4.57. The van der Waals surface area contributed by atoms with E-state index in [-0.39, 0.29) is 18.6 Å². The van der Waals surface area contributed by atoms with Crippen molar-refractivity contribution in [1.82, 2.24) is 4.90 Å². The number of halogens is 1. The Balaban J connectivity index is 2.33. The number of aliphatic hydroxyl groups excluding tert-OH is 1. The Hall–Kier alpha value is -1.86. The van der Waals surface area contributed by atoms with Crippen LogP contribution in [0.1, 0.15) is 42.1 Å². The molecule has 1 aromatic rings. The lowest BCUT2D eigenvalue weighted by Gasteiger charge is -2.33. The molecule has 4 heteroatoms. The molecule has 0 radical (unpaired) electrons. The number of piperidine rings is 1. The smallest absolute Gasteiger partial charge is 0.255 e. The van der Waals surface area contributed by atoms with Crippen LogP contribution in [0.15, 0.2) is 18.2 Å². The molecule has 0 aromatic heterocycles. The van der Waals surface area contributed by atoms with Gasteiger partial charge in [0.25, 0.3) is 5.91 Å². The summed E-state index contributed by atoms with van der Waals surface area (Å²) in [5, 5.41) is 8.75. The summed E-state index contributed by atoms with van der Waals surface area (Å²) < 4.78 is 13.3. The number of aliphatic hydroxyl groups is 1. The Labute approximate surface area is 118 Å². The summed E-state index contributed by atoms with van der Waals surface area (Å²) in [6.45, 7) is 2.44. The second-order valence-electron chi connectivity index (χ2n) is 4.99. The van der Waals surface area contributed by atoms with Crippen molar-refractivity contribution < 1.29 is 14.3 Å². The summed E-state index contributed by atoms with van der Waals surface area (Å²) in [6.07, 6.45) is 3.12. The van der Waals surface area contributed by atoms with Crippen molar-refractivity contribution in [2.24, 2.45) is 0 Å². The minimum Gasteiger partial charge on any atom is -0.384 e. The number of likely N-dealkylation sites (tertiary alicyclic amines) is 1. The van der Waals surface area contributed by atoms with E-state index in [4.69, 9.17) is 5.11 Å². The van der Waals surface area contributed by atoms with Gasteiger partial charge in [-0.05, 0) is 44.4 Å². The van der Waals surface area contributed by atoms with Gasteiger partial charge in [-0.1, -0.05) is 11.8 Å². The molecule has 1 aliphatic rings. The third-order valence-corrected chi connectivity index (χ3v) is 3.58. The van der Waals surface area contributed by atoms with Crippen molar-refractivity contribution in [3.63, 3.8) is 0 Å². The lowest BCUT2D eigenvalue weighted by molar-refractivity contribution is 0.0635. The SMILES string of the molecule is CC1CCCCN1C(=O)c1ccc(F)cc1C#CCO. The van der Waals surface area contributed by atoms with E-state index in [1.165, 1.54) is 18.2 Å². The van der Waals surface area contributed by atoms with Crippen LogP contribution in [0.25, 0.3) is 0 Å². The van der Waals surface area contributed by atoms with Gasteiger partial charge in [-0.3, -0.25) is 4.79 Å². The highest BCUT2D eigenvalue weighted by atomic mass is 19.1. The van der Waals surface area contributed by atoms with Crippen LogP contribution < -0.4 is 0 Å². The number of carbonyl (C=O) groups is 1. The van der Waals surface area contributed by atoms with Gasteiger partial charge in [-0.25, -0.2) is 4.39 Å². The maximum Gasteiger partial charge on any atom is 0.255 e. The van der Waals surface area contributed by atoms with E-state index < -0.39 is 5.82 Å². The van der Waals surface area contributed by atoms with Crippen molar-refractivity contribution in [3.8, 4) is 11.8 Å². The molecule has 1 N–H and O–H groups in total. The van der Waals surface area contributed by atoms with Gasteiger partial charge in [0.05, 0.1) is 5.56 Å². The molecule has 1 heterocycles. The van der Waals surface area contributed by atoms with Gasteiger partial charge in [0.1, 0.15) is 12.4 Å². The first-order valence-electron chi connectivity index (χ1n) is 6.83. The highest BCUT2D eigenvalue weighted by Crippen LogP contribution is 2.21. The van der Waals surface area contributed by atoms with Crippen molar-refractivity contribution in [2.75, 3.05) is 13.2 Å². The monoisotopic (exact) mass is 275 g/mol. The van der Waals surface area contributed by atoms with Crippen LogP contribution >= 0.6 is 0 Å². The summed E-state index contributed by atoms with van der Waals surface area (Å²) in [6, 6.07) is 4.18. The number of hydrogen-bond acceptors (Lipinski definition) is 2. The van der Waals surface area contributed by atoms with E-state index in [9.17, 15) is 9.18 Å². The largest absolute Gasteiger partial charge is 0.384 e. The van der Waals surface area contributed by atoms with Crippen LogP contribution in [-0.4, -0.2) is 35.1 Å².